The number of halogens is 1. The van der Waals surface area contributed by atoms with Crippen molar-refractivity contribution in [2.75, 3.05) is 0 Å². The summed E-state index contributed by atoms with van der Waals surface area (Å²) in [5.74, 6) is 0.186. The highest BCUT2D eigenvalue weighted by molar-refractivity contribution is 5.47. The maximum absolute atomic E-state index is 13.1. The Balaban J connectivity index is 0.000000159. The normalized spacial score (nSPS) is 12.3. The van der Waals surface area contributed by atoms with E-state index in [1.165, 1.54) is 16.1 Å². The molecule has 0 saturated carbocycles. The molecule has 0 fully saturated rings. The summed E-state index contributed by atoms with van der Waals surface area (Å²) in [6.45, 7) is 12.0. The summed E-state index contributed by atoms with van der Waals surface area (Å²) in [6, 6.07) is 3.53. The van der Waals surface area contributed by atoms with Crippen molar-refractivity contribution < 1.29 is 4.39 Å². The molecule has 0 aliphatic rings. The van der Waals surface area contributed by atoms with Gasteiger partial charge in [0.15, 0.2) is 17.1 Å². The first-order valence-electron chi connectivity index (χ1n) is 9.11. The predicted octanol–water partition coefficient (Wildman–Crippen LogP) is 4.34. The molecule has 1 unspecified atom stereocenters. The minimum atomic E-state index is -0.324. The Labute approximate surface area is 158 Å². The Hall–Kier alpha value is -2.83. The van der Waals surface area contributed by atoms with Gasteiger partial charge in [0.25, 0.3) is 0 Å². The summed E-state index contributed by atoms with van der Waals surface area (Å²) in [7, 11) is 0. The Kier molecular flexibility index (Phi) is 5.21. The third-order valence-corrected chi connectivity index (χ3v) is 4.49. The summed E-state index contributed by atoms with van der Waals surface area (Å²) < 4.78 is 16.5. The minimum Gasteiger partial charge on any atom is -0.232 e. The quantitative estimate of drug-likeness (QED) is 0.528. The van der Waals surface area contributed by atoms with Crippen LogP contribution in [0.2, 0.25) is 0 Å². The van der Waals surface area contributed by atoms with Crippen LogP contribution in [0.15, 0.2) is 24.5 Å². The van der Waals surface area contributed by atoms with Gasteiger partial charge in [-0.05, 0) is 51.7 Å². The molecule has 27 heavy (non-hydrogen) atoms. The summed E-state index contributed by atoms with van der Waals surface area (Å²) in [6.07, 6.45) is 4.80. The van der Waals surface area contributed by atoms with Gasteiger partial charge in [-0.2, -0.15) is 10.2 Å². The van der Waals surface area contributed by atoms with Crippen LogP contribution in [0.4, 0.5) is 4.39 Å². The number of fused-ring (bicyclic) bond motifs is 2. The van der Waals surface area contributed by atoms with E-state index in [-0.39, 0.29) is 11.5 Å². The average molecular weight is 368 g/mol. The monoisotopic (exact) mass is 368 g/mol. The van der Waals surface area contributed by atoms with E-state index < -0.39 is 0 Å². The number of nitrogens with zero attached hydrogens (tertiary/aromatic N) is 6. The van der Waals surface area contributed by atoms with E-state index in [9.17, 15) is 4.39 Å². The van der Waals surface area contributed by atoms with Gasteiger partial charge in [-0.15, -0.1) is 0 Å². The Morgan fingerprint density at radius 1 is 0.889 bits per heavy atom. The maximum Gasteiger partial charge on any atom is 0.190 e. The molecule has 6 nitrogen and oxygen atoms in total. The first-order valence-corrected chi connectivity index (χ1v) is 9.11. The molecule has 1 atom stereocenters. The van der Waals surface area contributed by atoms with Gasteiger partial charge in [-0.3, -0.25) is 0 Å². The van der Waals surface area contributed by atoms with Crippen molar-refractivity contribution in [1.82, 2.24) is 29.2 Å². The molecule has 142 valence electrons. The van der Waals surface area contributed by atoms with Crippen molar-refractivity contribution in [3.63, 3.8) is 0 Å². The van der Waals surface area contributed by atoms with Crippen LogP contribution in [-0.4, -0.2) is 29.2 Å². The molecule has 0 N–H and O–H groups in total. The topological polar surface area (TPSA) is 60.4 Å². The lowest BCUT2D eigenvalue weighted by molar-refractivity contribution is 0.619. The van der Waals surface area contributed by atoms with Crippen LogP contribution in [0.25, 0.3) is 11.3 Å². The van der Waals surface area contributed by atoms with Crippen LogP contribution in [-0.2, 0) is 0 Å². The molecule has 0 spiro atoms. The fourth-order valence-electron chi connectivity index (χ4n) is 2.89. The number of imidazole rings is 2. The minimum absolute atomic E-state index is 0.290. The third-order valence-electron chi connectivity index (χ3n) is 4.49. The highest BCUT2D eigenvalue weighted by Gasteiger charge is 2.09. The van der Waals surface area contributed by atoms with Crippen molar-refractivity contribution >= 4 is 11.3 Å². The molecule has 0 aromatic carbocycles. The van der Waals surface area contributed by atoms with Gasteiger partial charge >= 0.3 is 0 Å². The second-order valence-corrected chi connectivity index (χ2v) is 7.00. The molecule has 0 radical (unpaired) electrons. The molecule has 7 heteroatoms. The number of aryl methyl sites for hydroxylation is 4. The van der Waals surface area contributed by atoms with E-state index in [0.717, 1.165) is 29.1 Å². The molecule has 4 heterocycles. The van der Waals surface area contributed by atoms with Crippen molar-refractivity contribution in [2.45, 2.75) is 53.9 Å². The predicted molar refractivity (Wildman–Crippen MR) is 104 cm³/mol. The van der Waals surface area contributed by atoms with Crippen molar-refractivity contribution in [3.8, 4) is 0 Å². The molecule has 0 bridgehead atoms. The Morgan fingerprint density at radius 2 is 1.48 bits per heavy atom. The van der Waals surface area contributed by atoms with Crippen molar-refractivity contribution in [1.29, 1.82) is 0 Å². The van der Waals surface area contributed by atoms with Crippen LogP contribution in [0.5, 0.6) is 0 Å². The summed E-state index contributed by atoms with van der Waals surface area (Å²) in [5, 5.41) is 8.65. The van der Waals surface area contributed by atoms with Crippen LogP contribution in [0, 0.1) is 33.5 Å². The summed E-state index contributed by atoms with van der Waals surface area (Å²) >= 11 is 0. The number of hydrogen-bond acceptors (Lipinski definition) is 4. The molecule has 0 amide bonds. The van der Waals surface area contributed by atoms with Gasteiger partial charge in [0.1, 0.15) is 0 Å². The van der Waals surface area contributed by atoms with Crippen LogP contribution in [0.1, 0.15) is 54.5 Å². The molecule has 4 aromatic heterocycles. The smallest absolute Gasteiger partial charge is 0.190 e. The van der Waals surface area contributed by atoms with E-state index in [2.05, 4.69) is 47.0 Å². The first kappa shape index (κ1) is 18.9. The lowest BCUT2D eigenvalue weighted by Gasteiger charge is -2.09. The largest absolute Gasteiger partial charge is 0.232 e. The van der Waals surface area contributed by atoms with Crippen molar-refractivity contribution in [2.24, 2.45) is 0 Å². The zero-order chi connectivity index (χ0) is 19.7. The van der Waals surface area contributed by atoms with Crippen LogP contribution in [0.3, 0.4) is 0 Å². The Morgan fingerprint density at radius 3 is 2.11 bits per heavy atom. The van der Waals surface area contributed by atoms with E-state index in [4.69, 9.17) is 0 Å². The lowest BCUT2D eigenvalue weighted by atomic mass is 10.0. The molecule has 0 aliphatic heterocycles. The van der Waals surface area contributed by atoms with E-state index in [1.807, 2.05) is 24.6 Å². The van der Waals surface area contributed by atoms with Gasteiger partial charge in [0, 0.05) is 6.07 Å². The van der Waals surface area contributed by atoms with Gasteiger partial charge in [-0.1, -0.05) is 13.8 Å². The zero-order valence-electron chi connectivity index (χ0n) is 16.7. The third kappa shape index (κ3) is 3.97. The van der Waals surface area contributed by atoms with Crippen molar-refractivity contribution in [3.05, 3.63) is 58.7 Å². The highest BCUT2D eigenvalue weighted by Crippen LogP contribution is 2.19. The van der Waals surface area contributed by atoms with Gasteiger partial charge < -0.3 is 0 Å². The zero-order valence-corrected chi connectivity index (χ0v) is 16.7. The van der Waals surface area contributed by atoms with E-state index >= 15 is 0 Å². The fourth-order valence-corrected chi connectivity index (χ4v) is 2.89. The molecule has 4 rings (SSSR count). The van der Waals surface area contributed by atoms with Gasteiger partial charge in [0.2, 0.25) is 0 Å². The van der Waals surface area contributed by atoms with Gasteiger partial charge in [-0.25, -0.2) is 23.4 Å². The first-order chi connectivity index (χ1) is 12.8. The SMILES string of the molecule is CCC(C)c1cc(C)c2nc(C)cn2n1.Cc1cn2nc(C)cc(F)c2n1. The maximum atomic E-state index is 13.1. The second-order valence-electron chi connectivity index (χ2n) is 7.00. The Bertz CT molecular complexity index is 1090. The number of aromatic nitrogens is 6. The molecule has 0 aliphatic carbocycles. The molecular weight excluding hydrogens is 343 g/mol. The van der Waals surface area contributed by atoms with Crippen LogP contribution < -0.4 is 0 Å². The summed E-state index contributed by atoms with van der Waals surface area (Å²) in [5.41, 5.74) is 6.06. The van der Waals surface area contributed by atoms with E-state index in [1.54, 1.807) is 13.1 Å². The van der Waals surface area contributed by atoms with Crippen LogP contribution >= 0.6 is 0 Å². The number of hydrogen-bond donors (Lipinski definition) is 0. The fraction of sp³-hybridized carbons (Fsp3) is 0.400. The highest BCUT2D eigenvalue weighted by atomic mass is 19.1. The van der Waals surface area contributed by atoms with Gasteiger partial charge in [0.05, 0.1) is 35.2 Å². The summed E-state index contributed by atoms with van der Waals surface area (Å²) in [4.78, 5) is 8.42. The molecule has 4 aromatic rings. The average Bonchev–Trinajstić information content (AvgIpc) is 3.16. The second kappa shape index (κ2) is 7.42. The number of rotatable bonds is 2. The lowest BCUT2D eigenvalue weighted by Crippen LogP contribution is -2.02. The standard InChI is InChI=1S/C12H17N3.C8H8FN3/c1-5-8(2)11-6-9(3)12-13-10(4)7-15(12)14-11;1-5-3-7(9)8-10-6(2)4-12(8)11-5/h6-8H,5H2,1-4H3;3-4H,1-2H3. The molecular formula is C20H25FN6. The molecule has 0 saturated heterocycles. The van der Waals surface area contributed by atoms with E-state index in [0.29, 0.717) is 11.6 Å².